The first-order valence-corrected chi connectivity index (χ1v) is 6.55. The summed E-state index contributed by atoms with van der Waals surface area (Å²) in [6.07, 6.45) is 1.58. The minimum atomic E-state index is -0.370. The van der Waals surface area contributed by atoms with Crippen LogP contribution >= 0.6 is 11.8 Å². The Labute approximate surface area is 109 Å². The Bertz CT molecular complexity index is 503. The summed E-state index contributed by atoms with van der Waals surface area (Å²) in [5.41, 5.74) is 0. The first-order valence-electron chi connectivity index (χ1n) is 5.73. The number of amides is 2. The van der Waals surface area contributed by atoms with Gasteiger partial charge in [-0.25, -0.2) is 0 Å². The smallest absolute Gasteiger partial charge is 0.290 e. The van der Waals surface area contributed by atoms with E-state index in [0.29, 0.717) is 10.7 Å². The van der Waals surface area contributed by atoms with E-state index in [1.807, 2.05) is 19.9 Å². The maximum absolute atomic E-state index is 11.4. The molecule has 0 atom stereocenters. The summed E-state index contributed by atoms with van der Waals surface area (Å²) in [4.78, 5) is 24.8. The molecule has 0 unspecified atom stereocenters. The Morgan fingerprint density at radius 1 is 1.33 bits per heavy atom. The van der Waals surface area contributed by atoms with Crippen molar-refractivity contribution >= 4 is 34.9 Å². The number of thioether (sulfide) groups is 1. The quantitative estimate of drug-likeness (QED) is 0.848. The van der Waals surface area contributed by atoms with E-state index < -0.39 is 0 Å². The summed E-state index contributed by atoms with van der Waals surface area (Å²) in [5.74, 6) is 0.969. The van der Waals surface area contributed by atoms with Crippen molar-refractivity contribution in [2.45, 2.75) is 13.8 Å². The number of anilines is 1. The van der Waals surface area contributed by atoms with Crippen molar-refractivity contribution < 1.29 is 14.0 Å². The van der Waals surface area contributed by atoms with E-state index in [2.05, 4.69) is 10.2 Å². The number of carbonyl (C=O) groups is 2. The highest BCUT2D eigenvalue weighted by Gasteiger charge is 2.25. The molecule has 0 spiro atoms. The van der Waals surface area contributed by atoms with Crippen molar-refractivity contribution in [3.63, 3.8) is 0 Å². The van der Waals surface area contributed by atoms with E-state index in [9.17, 15) is 9.59 Å². The standard InChI is InChI=1S/C12H14N2O3S/c1-3-14(4-2)10-6-5-8(17-10)7-9-11(15)13-12(16)18-9/h5-7H,3-4H2,1-2H3,(H,13,15,16)/b9-7+. The van der Waals surface area contributed by atoms with Crippen LogP contribution in [0.5, 0.6) is 0 Å². The number of nitrogens with zero attached hydrogens (tertiary/aromatic N) is 1. The number of nitrogens with one attached hydrogen (secondary N) is 1. The Balaban J connectivity index is 2.18. The average molecular weight is 266 g/mol. The molecule has 96 valence electrons. The number of carbonyl (C=O) groups excluding carboxylic acids is 2. The van der Waals surface area contributed by atoms with Crippen LogP contribution in [0, 0.1) is 0 Å². The number of rotatable bonds is 4. The van der Waals surface area contributed by atoms with Crippen molar-refractivity contribution in [2.24, 2.45) is 0 Å². The zero-order valence-corrected chi connectivity index (χ0v) is 11.0. The van der Waals surface area contributed by atoms with Gasteiger partial charge >= 0.3 is 0 Å². The number of hydrogen-bond donors (Lipinski definition) is 1. The van der Waals surface area contributed by atoms with Crippen molar-refractivity contribution in [3.05, 3.63) is 22.8 Å². The van der Waals surface area contributed by atoms with Crippen molar-refractivity contribution in [2.75, 3.05) is 18.0 Å². The fourth-order valence-electron chi connectivity index (χ4n) is 1.68. The van der Waals surface area contributed by atoms with Crippen LogP contribution in [0.25, 0.3) is 6.08 Å². The molecule has 1 saturated heterocycles. The summed E-state index contributed by atoms with van der Waals surface area (Å²) in [5, 5.41) is 1.86. The molecule has 1 aromatic rings. The fraction of sp³-hybridized carbons (Fsp3) is 0.333. The van der Waals surface area contributed by atoms with E-state index in [1.165, 1.54) is 0 Å². The maximum Gasteiger partial charge on any atom is 0.290 e. The minimum absolute atomic E-state index is 0.346. The lowest BCUT2D eigenvalue weighted by Gasteiger charge is -2.16. The summed E-state index contributed by atoms with van der Waals surface area (Å²) in [7, 11) is 0. The van der Waals surface area contributed by atoms with Crippen molar-refractivity contribution in [3.8, 4) is 0 Å². The maximum atomic E-state index is 11.4. The van der Waals surface area contributed by atoms with Crippen LogP contribution in [0.3, 0.4) is 0 Å². The fourth-order valence-corrected chi connectivity index (χ4v) is 2.34. The molecule has 1 aliphatic rings. The number of hydrogen-bond acceptors (Lipinski definition) is 5. The highest BCUT2D eigenvalue weighted by Crippen LogP contribution is 2.27. The highest BCUT2D eigenvalue weighted by atomic mass is 32.2. The third-order valence-corrected chi connectivity index (χ3v) is 3.41. The summed E-state index contributed by atoms with van der Waals surface area (Å²) < 4.78 is 5.62. The van der Waals surface area contributed by atoms with Crippen molar-refractivity contribution in [1.29, 1.82) is 0 Å². The van der Waals surface area contributed by atoms with Gasteiger partial charge in [-0.1, -0.05) is 0 Å². The van der Waals surface area contributed by atoms with Crippen LogP contribution < -0.4 is 10.2 Å². The Morgan fingerprint density at radius 2 is 2.06 bits per heavy atom. The zero-order valence-electron chi connectivity index (χ0n) is 10.2. The van der Waals surface area contributed by atoms with Crippen LogP contribution in [-0.4, -0.2) is 24.2 Å². The predicted molar refractivity (Wildman–Crippen MR) is 71.4 cm³/mol. The first kappa shape index (κ1) is 12.8. The third kappa shape index (κ3) is 2.59. The molecular weight excluding hydrogens is 252 g/mol. The second kappa shape index (κ2) is 5.30. The molecule has 6 heteroatoms. The summed E-state index contributed by atoms with van der Waals surface area (Å²) >= 11 is 0.886. The highest BCUT2D eigenvalue weighted by molar-refractivity contribution is 8.18. The summed E-state index contributed by atoms with van der Waals surface area (Å²) in [6.45, 7) is 5.80. The number of furan rings is 1. The SMILES string of the molecule is CCN(CC)c1ccc(/C=C2/SC(=O)NC2=O)o1. The Kier molecular flexibility index (Phi) is 3.76. The topological polar surface area (TPSA) is 62.6 Å². The molecule has 1 fully saturated rings. The van der Waals surface area contributed by atoms with Crippen LogP contribution in [0.4, 0.5) is 10.7 Å². The van der Waals surface area contributed by atoms with Gasteiger partial charge in [0.1, 0.15) is 5.76 Å². The lowest BCUT2D eigenvalue weighted by molar-refractivity contribution is -0.115. The van der Waals surface area contributed by atoms with Gasteiger partial charge in [0.2, 0.25) is 0 Å². The lowest BCUT2D eigenvalue weighted by atomic mass is 10.4. The summed E-state index contributed by atoms with van der Waals surface area (Å²) in [6, 6.07) is 3.65. The monoisotopic (exact) mass is 266 g/mol. The molecule has 0 bridgehead atoms. The molecule has 1 aromatic heterocycles. The van der Waals surface area contributed by atoms with E-state index in [4.69, 9.17) is 4.42 Å². The Morgan fingerprint density at radius 3 is 2.61 bits per heavy atom. The molecule has 0 aliphatic carbocycles. The molecule has 18 heavy (non-hydrogen) atoms. The minimum Gasteiger partial charge on any atom is -0.441 e. The van der Waals surface area contributed by atoms with Gasteiger partial charge in [0, 0.05) is 25.2 Å². The van der Waals surface area contributed by atoms with E-state index in [0.717, 1.165) is 30.7 Å². The second-order valence-electron chi connectivity index (χ2n) is 3.70. The molecule has 0 saturated carbocycles. The van der Waals surface area contributed by atoms with Crippen molar-refractivity contribution in [1.82, 2.24) is 5.32 Å². The van der Waals surface area contributed by atoms with Crippen LogP contribution in [0.1, 0.15) is 19.6 Å². The first-order chi connectivity index (χ1) is 8.63. The van der Waals surface area contributed by atoms with Gasteiger partial charge in [-0.3, -0.25) is 14.9 Å². The molecule has 2 rings (SSSR count). The van der Waals surface area contributed by atoms with E-state index in [1.54, 1.807) is 12.1 Å². The molecular formula is C12H14N2O3S. The predicted octanol–water partition coefficient (Wildman–Crippen LogP) is 2.45. The normalized spacial score (nSPS) is 17.3. The molecule has 5 nitrogen and oxygen atoms in total. The molecule has 2 amide bonds. The lowest BCUT2D eigenvalue weighted by Crippen LogP contribution is -2.20. The largest absolute Gasteiger partial charge is 0.441 e. The van der Waals surface area contributed by atoms with E-state index in [-0.39, 0.29) is 11.1 Å². The van der Waals surface area contributed by atoms with Gasteiger partial charge < -0.3 is 9.32 Å². The second-order valence-corrected chi connectivity index (χ2v) is 4.72. The van der Waals surface area contributed by atoms with Gasteiger partial charge in [-0.15, -0.1) is 0 Å². The third-order valence-electron chi connectivity index (χ3n) is 2.60. The molecule has 2 heterocycles. The van der Waals surface area contributed by atoms with Crippen LogP contribution in [-0.2, 0) is 4.79 Å². The molecule has 0 aromatic carbocycles. The van der Waals surface area contributed by atoms with Gasteiger partial charge in [-0.2, -0.15) is 0 Å². The van der Waals surface area contributed by atoms with Gasteiger partial charge in [0.15, 0.2) is 5.88 Å². The average Bonchev–Trinajstić information content (AvgIpc) is 2.89. The Hall–Kier alpha value is -1.69. The zero-order chi connectivity index (χ0) is 13.1. The molecule has 0 radical (unpaired) electrons. The van der Waals surface area contributed by atoms with Crippen LogP contribution in [0.15, 0.2) is 21.5 Å². The van der Waals surface area contributed by atoms with Gasteiger partial charge in [0.25, 0.3) is 11.1 Å². The molecule has 1 aliphatic heterocycles. The molecule has 1 N–H and O–H groups in total. The van der Waals surface area contributed by atoms with Gasteiger partial charge in [-0.05, 0) is 31.7 Å². The van der Waals surface area contributed by atoms with Gasteiger partial charge in [0.05, 0.1) is 4.91 Å². The van der Waals surface area contributed by atoms with Crippen LogP contribution in [0.2, 0.25) is 0 Å². The van der Waals surface area contributed by atoms with E-state index >= 15 is 0 Å². The number of imide groups is 1.